The molecule has 1 saturated heterocycles. The Morgan fingerprint density at radius 3 is 1.75 bits per heavy atom. The minimum absolute atomic E-state index is 0.0182. The van der Waals surface area contributed by atoms with Crippen molar-refractivity contribution in [3.05, 3.63) is 156 Å². The molecular weight excluding hydrogens is 490 g/mol. The molecule has 1 heterocycles. The number of aryl methyl sites for hydroxylation is 1. The first-order chi connectivity index (χ1) is 19.7. The van der Waals surface area contributed by atoms with Crippen molar-refractivity contribution in [3.8, 4) is 0 Å². The first-order valence-electron chi connectivity index (χ1n) is 14.5. The average Bonchev–Trinajstić information content (AvgIpc) is 3.31. The highest BCUT2D eigenvalue weighted by Gasteiger charge is 2.42. The van der Waals surface area contributed by atoms with Gasteiger partial charge in [0.25, 0.3) is 0 Å². The number of nitrogens with zero attached hydrogens (tertiary/aromatic N) is 1. The molecule has 2 atom stereocenters. The summed E-state index contributed by atoms with van der Waals surface area (Å²) >= 11 is 0. The molecular formula is C37H39NO2. The molecule has 0 aliphatic carbocycles. The number of hydrogen-bond donors (Lipinski definition) is 0. The lowest BCUT2D eigenvalue weighted by atomic mass is 9.80. The molecule has 0 bridgehead atoms. The Balaban J connectivity index is 1.41. The highest BCUT2D eigenvalue weighted by molar-refractivity contribution is 5.81. The van der Waals surface area contributed by atoms with Gasteiger partial charge in [0.05, 0.1) is 12.6 Å². The molecule has 0 radical (unpaired) electrons. The molecule has 4 aromatic carbocycles. The number of ether oxygens (including phenoxy) is 1. The third-order valence-electron chi connectivity index (χ3n) is 8.07. The van der Waals surface area contributed by atoms with Gasteiger partial charge < -0.3 is 9.64 Å². The van der Waals surface area contributed by atoms with Crippen LogP contribution in [0.3, 0.4) is 0 Å². The average molecular weight is 530 g/mol. The lowest BCUT2D eigenvalue weighted by Crippen LogP contribution is -2.41. The predicted molar refractivity (Wildman–Crippen MR) is 163 cm³/mol. The highest BCUT2D eigenvalue weighted by atomic mass is 16.5. The van der Waals surface area contributed by atoms with Crippen LogP contribution < -0.4 is 0 Å². The van der Waals surface area contributed by atoms with Crippen molar-refractivity contribution in [2.75, 3.05) is 13.2 Å². The van der Waals surface area contributed by atoms with Gasteiger partial charge in [-0.1, -0.05) is 127 Å². The van der Waals surface area contributed by atoms with Gasteiger partial charge in [0.2, 0.25) is 5.91 Å². The third kappa shape index (κ3) is 6.11. The van der Waals surface area contributed by atoms with Gasteiger partial charge in [0.15, 0.2) is 0 Å². The molecule has 0 spiro atoms. The lowest BCUT2D eigenvalue weighted by Gasteiger charge is -2.38. The monoisotopic (exact) mass is 529 g/mol. The second kappa shape index (κ2) is 13.4. The van der Waals surface area contributed by atoms with Crippen LogP contribution in [0, 0.1) is 5.92 Å². The van der Waals surface area contributed by atoms with Crippen LogP contribution in [-0.2, 0) is 21.6 Å². The molecule has 1 amide bonds. The van der Waals surface area contributed by atoms with Crippen LogP contribution in [0.2, 0.25) is 0 Å². The van der Waals surface area contributed by atoms with E-state index in [0.717, 1.165) is 48.9 Å². The number of carbonyl (C=O) groups excluding carboxylic acids is 1. The summed E-state index contributed by atoms with van der Waals surface area (Å²) in [5.41, 5.74) is 3.79. The fourth-order valence-electron chi connectivity index (χ4n) is 6.07. The van der Waals surface area contributed by atoms with E-state index in [1.165, 1.54) is 5.56 Å². The molecule has 40 heavy (non-hydrogen) atoms. The Morgan fingerprint density at radius 2 is 1.25 bits per heavy atom. The second-order valence-electron chi connectivity index (χ2n) is 10.7. The minimum Gasteiger partial charge on any atom is -0.359 e. The first kappa shape index (κ1) is 27.6. The molecule has 1 fully saturated rings. The Kier molecular flexibility index (Phi) is 9.26. The van der Waals surface area contributed by atoms with Crippen molar-refractivity contribution in [1.82, 2.24) is 4.90 Å². The van der Waals surface area contributed by atoms with Crippen molar-refractivity contribution in [3.63, 3.8) is 0 Å². The number of amides is 1. The van der Waals surface area contributed by atoms with Crippen molar-refractivity contribution >= 4 is 5.91 Å². The zero-order chi connectivity index (χ0) is 27.6. The molecule has 1 aliphatic heterocycles. The standard InChI is InChI=1S/C37H39NO2/c1-2-17-31-28-35(38(36(31)39)27-16-15-20-30-18-7-3-8-19-30)29-40-37(32-21-9-4-10-22-32,33-23-11-5-12-24-33)34-25-13-6-14-26-34/h2-14,18-19,21-26,31,35H,1,15-17,20,27-29H2/t31-,35+/m1/s1. The summed E-state index contributed by atoms with van der Waals surface area (Å²) < 4.78 is 7.13. The molecule has 204 valence electrons. The van der Waals surface area contributed by atoms with Gasteiger partial charge in [-0.05, 0) is 54.4 Å². The van der Waals surface area contributed by atoms with Gasteiger partial charge >= 0.3 is 0 Å². The third-order valence-corrected chi connectivity index (χ3v) is 8.07. The molecule has 0 N–H and O–H groups in total. The van der Waals surface area contributed by atoms with Gasteiger partial charge in [-0.3, -0.25) is 4.79 Å². The summed E-state index contributed by atoms with van der Waals surface area (Å²) in [4.78, 5) is 15.6. The van der Waals surface area contributed by atoms with E-state index in [4.69, 9.17) is 4.74 Å². The number of unbranched alkanes of at least 4 members (excludes halogenated alkanes) is 1. The summed E-state index contributed by atoms with van der Waals surface area (Å²) in [6.07, 6.45) is 6.42. The van der Waals surface area contributed by atoms with Gasteiger partial charge in [0.1, 0.15) is 5.60 Å². The molecule has 3 nitrogen and oxygen atoms in total. The van der Waals surface area contributed by atoms with Gasteiger partial charge in [-0.25, -0.2) is 0 Å². The first-order valence-corrected chi connectivity index (χ1v) is 14.5. The number of carbonyl (C=O) groups is 1. The van der Waals surface area contributed by atoms with Crippen LogP contribution in [0.15, 0.2) is 134 Å². The van der Waals surface area contributed by atoms with E-state index in [1.807, 2.05) is 24.3 Å². The molecule has 5 rings (SSSR count). The highest BCUT2D eigenvalue weighted by Crippen LogP contribution is 2.41. The zero-order valence-electron chi connectivity index (χ0n) is 23.2. The van der Waals surface area contributed by atoms with Crippen molar-refractivity contribution < 1.29 is 9.53 Å². The van der Waals surface area contributed by atoms with Crippen LogP contribution >= 0.6 is 0 Å². The van der Waals surface area contributed by atoms with Crippen LogP contribution in [0.5, 0.6) is 0 Å². The fraction of sp³-hybridized carbons (Fsp3) is 0.270. The Bertz CT molecular complexity index is 1240. The van der Waals surface area contributed by atoms with Gasteiger partial charge in [0, 0.05) is 12.5 Å². The predicted octanol–water partition coefficient (Wildman–Crippen LogP) is 7.81. The fourth-order valence-corrected chi connectivity index (χ4v) is 6.07. The second-order valence-corrected chi connectivity index (χ2v) is 10.7. The molecule has 1 aliphatic rings. The Morgan fingerprint density at radius 1 is 0.750 bits per heavy atom. The maximum absolute atomic E-state index is 13.5. The van der Waals surface area contributed by atoms with Crippen molar-refractivity contribution in [2.24, 2.45) is 5.92 Å². The maximum atomic E-state index is 13.5. The number of allylic oxidation sites excluding steroid dienone is 1. The van der Waals surface area contributed by atoms with Gasteiger partial charge in [-0.2, -0.15) is 0 Å². The lowest BCUT2D eigenvalue weighted by molar-refractivity contribution is -0.133. The van der Waals surface area contributed by atoms with E-state index in [0.29, 0.717) is 13.0 Å². The SMILES string of the molecule is C=CC[C@@H]1C[C@@H](COC(c2ccccc2)(c2ccccc2)c2ccccc2)N(CCCCc2ccccc2)C1=O. The number of likely N-dealkylation sites (tertiary alicyclic amines) is 1. The summed E-state index contributed by atoms with van der Waals surface area (Å²) in [5, 5.41) is 0. The topological polar surface area (TPSA) is 29.5 Å². The van der Waals surface area contributed by atoms with E-state index in [2.05, 4.69) is 115 Å². The molecule has 4 aromatic rings. The normalized spacial score (nSPS) is 17.2. The molecule has 3 heteroatoms. The Hall–Kier alpha value is -3.95. The minimum atomic E-state index is -0.789. The van der Waals surface area contributed by atoms with Crippen LogP contribution in [0.1, 0.15) is 47.9 Å². The quantitative estimate of drug-likeness (QED) is 0.100. The van der Waals surface area contributed by atoms with Crippen molar-refractivity contribution in [2.45, 2.75) is 43.7 Å². The number of rotatable bonds is 13. The van der Waals surface area contributed by atoms with Crippen LogP contribution in [-0.4, -0.2) is 30.0 Å². The molecule has 0 saturated carbocycles. The number of hydrogen-bond acceptors (Lipinski definition) is 2. The molecule has 0 unspecified atom stereocenters. The molecule has 0 aromatic heterocycles. The van der Waals surface area contributed by atoms with Gasteiger partial charge in [-0.15, -0.1) is 6.58 Å². The van der Waals surface area contributed by atoms with Crippen molar-refractivity contribution in [1.29, 1.82) is 0 Å². The van der Waals surface area contributed by atoms with E-state index in [9.17, 15) is 4.79 Å². The summed E-state index contributed by atoms with van der Waals surface area (Å²) in [5.74, 6) is 0.206. The van der Waals surface area contributed by atoms with Crippen LogP contribution in [0.25, 0.3) is 0 Å². The summed E-state index contributed by atoms with van der Waals surface area (Å²) in [7, 11) is 0. The van der Waals surface area contributed by atoms with E-state index < -0.39 is 5.60 Å². The van der Waals surface area contributed by atoms with Crippen LogP contribution in [0.4, 0.5) is 0 Å². The summed E-state index contributed by atoms with van der Waals surface area (Å²) in [6, 6.07) is 42.0. The van der Waals surface area contributed by atoms with E-state index >= 15 is 0 Å². The van der Waals surface area contributed by atoms with E-state index in [1.54, 1.807) is 0 Å². The maximum Gasteiger partial charge on any atom is 0.226 e. The van der Waals surface area contributed by atoms with E-state index in [-0.39, 0.29) is 17.9 Å². The number of benzene rings is 4. The summed E-state index contributed by atoms with van der Waals surface area (Å²) in [6.45, 7) is 5.13. The largest absolute Gasteiger partial charge is 0.359 e. The zero-order valence-corrected chi connectivity index (χ0v) is 23.2. The Labute approximate surface area is 239 Å². The smallest absolute Gasteiger partial charge is 0.226 e.